The quantitative estimate of drug-likeness (QED) is 0.739. The van der Waals surface area contributed by atoms with Crippen molar-refractivity contribution in [3.05, 3.63) is 23.8 Å². The fraction of sp³-hybridized carbons (Fsp3) is 0.529. The number of benzene rings is 1. The molecule has 2 atom stereocenters. The van der Waals surface area contributed by atoms with E-state index in [4.69, 9.17) is 14.6 Å². The van der Waals surface area contributed by atoms with Crippen molar-refractivity contribution in [3.8, 4) is 11.5 Å². The number of carboxylic acid groups (broad SMARTS) is 1. The molecule has 2 N–H and O–H groups in total. The van der Waals surface area contributed by atoms with Gasteiger partial charge in [0.1, 0.15) is 17.5 Å². The first kappa shape index (κ1) is 18.1. The molecule has 0 aliphatic carbocycles. The average molecular weight is 336 g/mol. The van der Waals surface area contributed by atoms with Gasteiger partial charge in [0.2, 0.25) is 5.91 Å². The minimum absolute atomic E-state index is 0.00521. The van der Waals surface area contributed by atoms with Gasteiger partial charge < -0.3 is 24.8 Å². The molecule has 7 heteroatoms. The predicted molar refractivity (Wildman–Crippen MR) is 88.2 cm³/mol. The van der Waals surface area contributed by atoms with Crippen molar-refractivity contribution >= 4 is 11.9 Å². The van der Waals surface area contributed by atoms with E-state index < -0.39 is 12.0 Å². The minimum atomic E-state index is -0.930. The van der Waals surface area contributed by atoms with Crippen LogP contribution in [0.5, 0.6) is 11.5 Å². The van der Waals surface area contributed by atoms with Crippen LogP contribution in [0.2, 0.25) is 0 Å². The molecular weight excluding hydrogens is 312 g/mol. The summed E-state index contributed by atoms with van der Waals surface area (Å²) in [4.78, 5) is 25.4. The van der Waals surface area contributed by atoms with Gasteiger partial charge in [0, 0.05) is 30.6 Å². The zero-order valence-electron chi connectivity index (χ0n) is 14.2. The SMILES string of the molecule is CN[C@@H](C[C@@H]1CCN(Cc2ccc(OC)cc2OC)C1=O)C(=O)O. The topological polar surface area (TPSA) is 88.1 Å². The molecular formula is C17H24N2O5. The number of likely N-dealkylation sites (tertiary alicyclic amines) is 1. The van der Waals surface area contributed by atoms with E-state index in [1.54, 1.807) is 32.2 Å². The van der Waals surface area contributed by atoms with Gasteiger partial charge in [-0.05, 0) is 32.0 Å². The van der Waals surface area contributed by atoms with Gasteiger partial charge in [0.05, 0.1) is 14.2 Å². The summed E-state index contributed by atoms with van der Waals surface area (Å²) in [6.45, 7) is 1.06. The van der Waals surface area contributed by atoms with E-state index in [9.17, 15) is 9.59 Å². The summed E-state index contributed by atoms with van der Waals surface area (Å²) in [6, 6.07) is 4.80. The summed E-state index contributed by atoms with van der Waals surface area (Å²) in [5.74, 6) is 0.168. The molecule has 0 radical (unpaired) electrons. The lowest BCUT2D eigenvalue weighted by Crippen LogP contribution is -2.37. The van der Waals surface area contributed by atoms with Crippen LogP contribution in [0.25, 0.3) is 0 Å². The van der Waals surface area contributed by atoms with Gasteiger partial charge in [-0.3, -0.25) is 9.59 Å². The van der Waals surface area contributed by atoms with Crippen molar-refractivity contribution < 1.29 is 24.2 Å². The van der Waals surface area contributed by atoms with Crippen LogP contribution in [0.4, 0.5) is 0 Å². The first-order valence-corrected chi connectivity index (χ1v) is 7.90. The standard InChI is InChI=1S/C17H24N2O5/c1-18-14(17(21)22)8-11-6-7-19(16(11)20)10-12-4-5-13(23-2)9-15(12)24-3/h4-5,9,11,14,18H,6-8,10H2,1-3H3,(H,21,22)/t11-,14-/m0/s1. The molecule has 0 bridgehead atoms. The first-order valence-electron chi connectivity index (χ1n) is 7.90. The Hall–Kier alpha value is -2.28. The van der Waals surface area contributed by atoms with Crippen LogP contribution in [-0.2, 0) is 16.1 Å². The lowest BCUT2D eigenvalue weighted by molar-refractivity contribution is -0.140. The molecule has 1 aromatic carbocycles. The summed E-state index contributed by atoms with van der Waals surface area (Å²) in [5, 5.41) is 11.9. The zero-order valence-corrected chi connectivity index (χ0v) is 14.2. The van der Waals surface area contributed by atoms with E-state index in [0.717, 1.165) is 5.56 Å². The Morgan fingerprint density at radius 2 is 2.17 bits per heavy atom. The van der Waals surface area contributed by atoms with E-state index in [0.29, 0.717) is 37.4 Å². The largest absolute Gasteiger partial charge is 0.497 e. The second-order valence-corrected chi connectivity index (χ2v) is 5.84. The highest BCUT2D eigenvalue weighted by Crippen LogP contribution is 2.29. The Kier molecular flexibility index (Phi) is 6.03. The highest BCUT2D eigenvalue weighted by Gasteiger charge is 2.34. The summed E-state index contributed by atoms with van der Waals surface area (Å²) >= 11 is 0. The van der Waals surface area contributed by atoms with Gasteiger partial charge in [-0.25, -0.2) is 0 Å². The van der Waals surface area contributed by atoms with Gasteiger partial charge in [-0.1, -0.05) is 0 Å². The number of nitrogens with one attached hydrogen (secondary N) is 1. The minimum Gasteiger partial charge on any atom is -0.497 e. The number of carbonyl (C=O) groups excluding carboxylic acids is 1. The molecule has 0 spiro atoms. The van der Waals surface area contributed by atoms with Gasteiger partial charge >= 0.3 is 5.97 Å². The summed E-state index contributed by atoms with van der Waals surface area (Å²) < 4.78 is 10.5. The van der Waals surface area contributed by atoms with Crippen LogP contribution in [0.3, 0.4) is 0 Å². The summed E-state index contributed by atoms with van der Waals surface area (Å²) in [7, 11) is 4.76. The number of amides is 1. The molecule has 7 nitrogen and oxygen atoms in total. The van der Waals surface area contributed by atoms with Crippen LogP contribution in [0.1, 0.15) is 18.4 Å². The second-order valence-electron chi connectivity index (χ2n) is 5.84. The van der Waals surface area contributed by atoms with Gasteiger partial charge in [0.25, 0.3) is 0 Å². The molecule has 1 aliphatic rings. The smallest absolute Gasteiger partial charge is 0.320 e. The van der Waals surface area contributed by atoms with Crippen LogP contribution in [-0.4, -0.2) is 55.7 Å². The Bertz CT molecular complexity index is 605. The molecule has 24 heavy (non-hydrogen) atoms. The van der Waals surface area contributed by atoms with Crippen molar-refractivity contribution in [1.82, 2.24) is 10.2 Å². The van der Waals surface area contributed by atoms with E-state index in [1.165, 1.54) is 0 Å². The highest BCUT2D eigenvalue weighted by atomic mass is 16.5. The Morgan fingerprint density at radius 3 is 2.75 bits per heavy atom. The molecule has 0 unspecified atom stereocenters. The number of rotatable bonds is 8. The number of carboxylic acids is 1. The van der Waals surface area contributed by atoms with Crippen LogP contribution < -0.4 is 14.8 Å². The Balaban J connectivity index is 2.04. The van der Waals surface area contributed by atoms with Crippen molar-refractivity contribution in [2.75, 3.05) is 27.8 Å². The van der Waals surface area contributed by atoms with E-state index in [2.05, 4.69) is 5.32 Å². The van der Waals surface area contributed by atoms with Crippen molar-refractivity contribution in [3.63, 3.8) is 0 Å². The van der Waals surface area contributed by atoms with Crippen molar-refractivity contribution in [2.45, 2.75) is 25.4 Å². The van der Waals surface area contributed by atoms with Gasteiger partial charge in [-0.15, -0.1) is 0 Å². The molecule has 1 amide bonds. The Labute approximate surface area is 141 Å². The fourth-order valence-corrected chi connectivity index (χ4v) is 2.99. The maximum absolute atomic E-state index is 12.5. The molecule has 0 aromatic heterocycles. The molecule has 1 aromatic rings. The molecule has 2 rings (SSSR count). The monoisotopic (exact) mass is 336 g/mol. The summed E-state index contributed by atoms with van der Waals surface area (Å²) in [5.41, 5.74) is 0.899. The van der Waals surface area contributed by atoms with Crippen LogP contribution >= 0.6 is 0 Å². The number of hydrogen-bond acceptors (Lipinski definition) is 5. The predicted octanol–water partition coefficient (Wildman–Crippen LogP) is 1.11. The van der Waals surface area contributed by atoms with Gasteiger partial charge in [0.15, 0.2) is 0 Å². The molecule has 1 heterocycles. The number of carbonyl (C=O) groups is 2. The number of hydrogen-bond donors (Lipinski definition) is 2. The number of ether oxygens (including phenoxy) is 2. The normalized spacial score (nSPS) is 18.5. The van der Waals surface area contributed by atoms with Crippen LogP contribution in [0.15, 0.2) is 18.2 Å². The number of likely N-dealkylation sites (N-methyl/N-ethyl adjacent to an activating group) is 1. The third-order valence-electron chi connectivity index (χ3n) is 4.43. The van der Waals surface area contributed by atoms with E-state index in [-0.39, 0.29) is 11.8 Å². The van der Waals surface area contributed by atoms with E-state index in [1.807, 2.05) is 12.1 Å². The van der Waals surface area contributed by atoms with Gasteiger partial charge in [-0.2, -0.15) is 0 Å². The molecule has 132 valence electrons. The fourth-order valence-electron chi connectivity index (χ4n) is 2.99. The zero-order chi connectivity index (χ0) is 17.7. The van der Waals surface area contributed by atoms with Crippen molar-refractivity contribution in [1.29, 1.82) is 0 Å². The number of nitrogens with zero attached hydrogens (tertiary/aromatic N) is 1. The molecule has 1 saturated heterocycles. The molecule has 0 saturated carbocycles. The average Bonchev–Trinajstić information content (AvgIpc) is 2.92. The highest BCUT2D eigenvalue weighted by molar-refractivity contribution is 5.82. The maximum atomic E-state index is 12.5. The Morgan fingerprint density at radius 1 is 1.42 bits per heavy atom. The first-order chi connectivity index (χ1) is 11.5. The maximum Gasteiger partial charge on any atom is 0.320 e. The summed E-state index contributed by atoms with van der Waals surface area (Å²) in [6.07, 6.45) is 0.976. The third-order valence-corrected chi connectivity index (χ3v) is 4.43. The number of aliphatic carboxylic acids is 1. The second kappa shape index (κ2) is 8.01. The molecule has 1 aliphatic heterocycles. The molecule has 1 fully saturated rings. The van der Waals surface area contributed by atoms with Crippen LogP contribution in [0, 0.1) is 5.92 Å². The lowest BCUT2D eigenvalue weighted by atomic mass is 9.98. The third kappa shape index (κ3) is 3.97. The van der Waals surface area contributed by atoms with Crippen molar-refractivity contribution in [2.24, 2.45) is 5.92 Å². The lowest BCUT2D eigenvalue weighted by Gasteiger charge is -2.20. The number of methoxy groups -OCH3 is 2. The van der Waals surface area contributed by atoms with E-state index >= 15 is 0 Å².